The third-order valence-corrected chi connectivity index (χ3v) is 10.8. The molecule has 2 heteroatoms. The summed E-state index contributed by atoms with van der Waals surface area (Å²) in [6.45, 7) is 0. The number of furan rings is 1. The first-order valence-electron chi connectivity index (χ1n) is 17.9. The van der Waals surface area contributed by atoms with Crippen molar-refractivity contribution >= 4 is 65.3 Å². The van der Waals surface area contributed by atoms with E-state index in [1.54, 1.807) is 0 Å². The van der Waals surface area contributed by atoms with Gasteiger partial charge in [0.1, 0.15) is 11.2 Å². The molecule has 0 saturated carbocycles. The first-order chi connectivity index (χ1) is 25.8. The van der Waals surface area contributed by atoms with E-state index in [1.807, 2.05) is 0 Å². The molecule has 0 spiro atoms. The van der Waals surface area contributed by atoms with Gasteiger partial charge in [-0.15, -0.1) is 0 Å². The van der Waals surface area contributed by atoms with Crippen LogP contribution in [0.5, 0.6) is 0 Å². The fraction of sp³-hybridized carbons (Fsp3) is 0. The van der Waals surface area contributed by atoms with Crippen molar-refractivity contribution in [3.8, 4) is 39.1 Å². The van der Waals surface area contributed by atoms with Crippen LogP contribution in [0.15, 0.2) is 192 Å². The summed E-state index contributed by atoms with van der Waals surface area (Å²) in [5.74, 6) is 0. The van der Waals surface area contributed by atoms with Crippen LogP contribution in [-0.2, 0) is 0 Å². The van der Waals surface area contributed by atoms with E-state index in [2.05, 4.69) is 193 Å². The van der Waals surface area contributed by atoms with E-state index in [0.29, 0.717) is 0 Å². The molecule has 0 aliphatic rings. The van der Waals surface area contributed by atoms with E-state index in [-0.39, 0.29) is 0 Å². The maximum Gasteiger partial charge on any atom is 0.136 e. The summed E-state index contributed by atoms with van der Waals surface area (Å²) >= 11 is 0. The Hall–Kier alpha value is -6.90. The molecule has 0 aliphatic heterocycles. The van der Waals surface area contributed by atoms with Crippen LogP contribution in [0, 0.1) is 0 Å². The molecule has 0 atom stereocenters. The molecule has 0 amide bonds. The summed E-state index contributed by atoms with van der Waals surface area (Å²) in [6.07, 6.45) is 0. The van der Waals surface area contributed by atoms with Crippen molar-refractivity contribution < 1.29 is 4.42 Å². The molecule has 0 radical (unpaired) electrons. The lowest BCUT2D eigenvalue weighted by atomic mass is 9.85. The van der Waals surface area contributed by atoms with Gasteiger partial charge < -0.3 is 8.98 Å². The van der Waals surface area contributed by atoms with Gasteiger partial charge in [0.25, 0.3) is 0 Å². The van der Waals surface area contributed by atoms with Crippen LogP contribution < -0.4 is 0 Å². The SMILES string of the molecule is c1ccc(-c2c3ccccc3c(-c3cccc4oc5cc(-c6ccc7c8ccccc8n(-c8ccccc8)c7c6)ccc5c34)c3ccccc23)cc1. The summed E-state index contributed by atoms with van der Waals surface area (Å²) in [6, 6.07) is 67.8. The second-order valence-corrected chi connectivity index (χ2v) is 13.6. The summed E-state index contributed by atoms with van der Waals surface area (Å²) in [5.41, 5.74) is 12.5. The molecule has 11 rings (SSSR count). The Labute approximate surface area is 300 Å². The second-order valence-electron chi connectivity index (χ2n) is 13.6. The number of nitrogens with zero attached hydrogens (tertiary/aromatic N) is 1. The van der Waals surface area contributed by atoms with Crippen LogP contribution in [0.25, 0.3) is 104 Å². The standard InChI is InChI=1S/C50H31NO/c1-3-14-32(15-4-1)48-38-19-7-9-21-40(38)49(41-22-10-8-20-39(41)48)43-23-13-25-46-50(43)42-29-27-34(31-47(42)52-46)33-26-28-37-36-18-11-12-24-44(36)51(45(37)30-33)35-16-5-2-6-17-35/h1-31H. The van der Waals surface area contributed by atoms with Crippen molar-refractivity contribution in [3.05, 3.63) is 188 Å². The average molecular weight is 662 g/mol. The zero-order valence-corrected chi connectivity index (χ0v) is 28.3. The van der Waals surface area contributed by atoms with Gasteiger partial charge in [0.2, 0.25) is 0 Å². The smallest absolute Gasteiger partial charge is 0.136 e. The molecular formula is C50H31NO. The molecule has 2 heterocycles. The van der Waals surface area contributed by atoms with Gasteiger partial charge in [-0.1, -0.05) is 146 Å². The topological polar surface area (TPSA) is 18.1 Å². The third kappa shape index (κ3) is 4.25. The van der Waals surface area contributed by atoms with Gasteiger partial charge in [0.15, 0.2) is 0 Å². The van der Waals surface area contributed by atoms with Gasteiger partial charge in [0.05, 0.1) is 11.0 Å². The highest BCUT2D eigenvalue weighted by atomic mass is 16.3. The van der Waals surface area contributed by atoms with Gasteiger partial charge in [0, 0.05) is 27.2 Å². The molecule has 0 aliphatic carbocycles. The monoisotopic (exact) mass is 661 g/mol. The van der Waals surface area contributed by atoms with Gasteiger partial charge in [-0.2, -0.15) is 0 Å². The molecule has 9 aromatic carbocycles. The van der Waals surface area contributed by atoms with Crippen molar-refractivity contribution in [2.24, 2.45) is 0 Å². The normalized spacial score (nSPS) is 11.8. The molecule has 0 saturated heterocycles. The highest BCUT2D eigenvalue weighted by molar-refractivity contribution is 6.25. The Balaban J connectivity index is 1.13. The lowest BCUT2D eigenvalue weighted by Gasteiger charge is -2.18. The van der Waals surface area contributed by atoms with E-state index in [9.17, 15) is 0 Å². The number of rotatable bonds is 4. The maximum absolute atomic E-state index is 6.72. The fourth-order valence-electron chi connectivity index (χ4n) is 8.55. The average Bonchev–Trinajstić information content (AvgIpc) is 3.76. The number of aromatic nitrogens is 1. The molecule has 0 bridgehead atoms. The molecular weight excluding hydrogens is 631 g/mol. The molecule has 52 heavy (non-hydrogen) atoms. The van der Waals surface area contributed by atoms with E-state index in [1.165, 1.54) is 65.6 Å². The summed E-state index contributed by atoms with van der Waals surface area (Å²) < 4.78 is 9.09. The Kier molecular flexibility index (Phi) is 6.28. The third-order valence-electron chi connectivity index (χ3n) is 10.8. The van der Waals surface area contributed by atoms with E-state index < -0.39 is 0 Å². The molecule has 0 N–H and O–H groups in total. The first-order valence-corrected chi connectivity index (χ1v) is 17.9. The van der Waals surface area contributed by atoms with Crippen LogP contribution in [0.2, 0.25) is 0 Å². The molecule has 2 nitrogen and oxygen atoms in total. The minimum atomic E-state index is 0.887. The Bertz CT molecular complexity index is 3110. The van der Waals surface area contributed by atoms with Gasteiger partial charge >= 0.3 is 0 Å². The van der Waals surface area contributed by atoms with E-state index in [4.69, 9.17) is 4.42 Å². The van der Waals surface area contributed by atoms with Crippen molar-refractivity contribution in [2.45, 2.75) is 0 Å². The highest BCUT2D eigenvalue weighted by Gasteiger charge is 2.21. The number of hydrogen-bond donors (Lipinski definition) is 0. The molecule has 2 aromatic heterocycles. The highest BCUT2D eigenvalue weighted by Crippen LogP contribution is 2.47. The molecule has 11 aromatic rings. The van der Waals surface area contributed by atoms with E-state index >= 15 is 0 Å². The van der Waals surface area contributed by atoms with Gasteiger partial charge in [-0.3, -0.25) is 0 Å². The number of hydrogen-bond acceptors (Lipinski definition) is 1. The molecule has 242 valence electrons. The first kappa shape index (κ1) is 28.9. The van der Waals surface area contributed by atoms with Crippen LogP contribution in [-0.4, -0.2) is 4.57 Å². The second kappa shape index (κ2) is 11.3. The van der Waals surface area contributed by atoms with Crippen molar-refractivity contribution in [1.29, 1.82) is 0 Å². The lowest BCUT2D eigenvalue weighted by Crippen LogP contribution is -1.93. The molecule has 0 fully saturated rings. The Morgan fingerprint density at radius 3 is 1.60 bits per heavy atom. The number of benzene rings is 9. The van der Waals surface area contributed by atoms with Crippen molar-refractivity contribution in [3.63, 3.8) is 0 Å². The predicted octanol–water partition coefficient (Wildman–Crippen LogP) is 14.0. The van der Waals surface area contributed by atoms with Crippen molar-refractivity contribution in [1.82, 2.24) is 4.57 Å². The molecule has 0 unspecified atom stereocenters. The van der Waals surface area contributed by atoms with E-state index in [0.717, 1.165) is 38.8 Å². The maximum atomic E-state index is 6.72. The summed E-state index contributed by atoms with van der Waals surface area (Å²) in [4.78, 5) is 0. The summed E-state index contributed by atoms with van der Waals surface area (Å²) in [5, 5.41) is 9.73. The Morgan fingerprint density at radius 1 is 0.327 bits per heavy atom. The van der Waals surface area contributed by atoms with Crippen LogP contribution in [0.4, 0.5) is 0 Å². The minimum absolute atomic E-state index is 0.887. The number of fused-ring (bicyclic) bond motifs is 8. The Morgan fingerprint density at radius 2 is 0.885 bits per heavy atom. The minimum Gasteiger partial charge on any atom is -0.456 e. The quantitative estimate of drug-likeness (QED) is 0.172. The van der Waals surface area contributed by atoms with Gasteiger partial charge in [-0.05, 0) is 97.4 Å². The fourth-order valence-corrected chi connectivity index (χ4v) is 8.55. The predicted molar refractivity (Wildman–Crippen MR) is 219 cm³/mol. The largest absolute Gasteiger partial charge is 0.456 e. The lowest BCUT2D eigenvalue weighted by molar-refractivity contribution is 0.669. The van der Waals surface area contributed by atoms with Crippen LogP contribution in [0.1, 0.15) is 0 Å². The summed E-state index contributed by atoms with van der Waals surface area (Å²) in [7, 11) is 0. The number of para-hydroxylation sites is 2. The van der Waals surface area contributed by atoms with Crippen molar-refractivity contribution in [2.75, 3.05) is 0 Å². The van der Waals surface area contributed by atoms with Crippen LogP contribution in [0.3, 0.4) is 0 Å². The zero-order valence-electron chi connectivity index (χ0n) is 28.3. The van der Waals surface area contributed by atoms with Gasteiger partial charge in [-0.25, -0.2) is 0 Å². The zero-order chi connectivity index (χ0) is 34.2. The van der Waals surface area contributed by atoms with Crippen LogP contribution >= 0.6 is 0 Å².